The Kier molecular flexibility index (Phi) is 3.15. The highest BCUT2D eigenvalue weighted by Crippen LogP contribution is 2.23. The van der Waals surface area contributed by atoms with E-state index in [-0.39, 0.29) is 10.6 Å². The standard InChI is InChI=1S/C13H14BrNO/c1-3-11(14)13(16)10-7-15-12-6-8(2)4-5-9(10)12/h4-7,11,15H,3H2,1-2H3. The minimum atomic E-state index is -0.0900. The second kappa shape index (κ2) is 4.42. The van der Waals surface area contributed by atoms with Crippen molar-refractivity contribution < 1.29 is 4.79 Å². The largest absolute Gasteiger partial charge is 0.360 e. The van der Waals surface area contributed by atoms with Crippen molar-refractivity contribution in [3.63, 3.8) is 0 Å². The van der Waals surface area contributed by atoms with Crippen LogP contribution in [0.25, 0.3) is 10.9 Å². The van der Waals surface area contributed by atoms with Crippen LogP contribution in [-0.2, 0) is 0 Å². The third kappa shape index (κ3) is 1.92. The monoisotopic (exact) mass is 279 g/mol. The Morgan fingerprint density at radius 1 is 1.50 bits per heavy atom. The van der Waals surface area contributed by atoms with Gasteiger partial charge in [0, 0.05) is 22.7 Å². The Morgan fingerprint density at radius 2 is 2.25 bits per heavy atom. The van der Waals surface area contributed by atoms with Crippen LogP contribution in [0.4, 0.5) is 0 Å². The lowest BCUT2D eigenvalue weighted by molar-refractivity contribution is 0.0992. The van der Waals surface area contributed by atoms with E-state index < -0.39 is 0 Å². The number of ketones is 1. The van der Waals surface area contributed by atoms with Crippen LogP contribution in [-0.4, -0.2) is 15.6 Å². The van der Waals surface area contributed by atoms with Crippen LogP contribution in [0.2, 0.25) is 0 Å². The molecule has 2 nitrogen and oxygen atoms in total. The van der Waals surface area contributed by atoms with E-state index in [0.29, 0.717) is 0 Å². The number of alkyl halides is 1. The summed E-state index contributed by atoms with van der Waals surface area (Å²) in [5.41, 5.74) is 3.00. The maximum atomic E-state index is 12.1. The molecule has 84 valence electrons. The number of carbonyl (C=O) groups is 1. The summed E-state index contributed by atoms with van der Waals surface area (Å²) < 4.78 is 0. The minimum absolute atomic E-state index is 0.0900. The summed E-state index contributed by atoms with van der Waals surface area (Å²) in [4.78, 5) is 15.1. The second-order valence-electron chi connectivity index (χ2n) is 3.99. The van der Waals surface area contributed by atoms with Crippen molar-refractivity contribution in [3.05, 3.63) is 35.5 Å². The highest BCUT2D eigenvalue weighted by atomic mass is 79.9. The van der Waals surface area contributed by atoms with Crippen molar-refractivity contribution in [3.8, 4) is 0 Å². The summed E-state index contributed by atoms with van der Waals surface area (Å²) in [5.74, 6) is 0.151. The highest BCUT2D eigenvalue weighted by Gasteiger charge is 2.18. The SMILES string of the molecule is CCC(Br)C(=O)c1c[nH]c2cc(C)ccc12. The summed E-state index contributed by atoms with van der Waals surface area (Å²) in [6.45, 7) is 4.04. The van der Waals surface area contributed by atoms with Crippen LogP contribution in [0.3, 0.4) is 0 Å². The van der Waals surface area contributed by atoms with Gasteiger partial charge in [-0.15, -0.1) is 0 Å². The fourth-order valence-electron chi connectivity index (χ4n) is 1.80. The highest BCUT2D eigenvalue weighted by molar-refractivity contribution is 9.10. The second-order valence-corrected chi connectivity index (χ2v) is 5.10. The van der Waals surface area contributed by atoms with Gasteiger partial charge in [0.25, 0.3) is 0 Å². The van der Waals surface area contributed by atoms with E-state index in [1.54, 1.807) is 6.20 Å². The van der Waals surface area contributed by atoms with Crippen molar-refractivity contribution >= 4 is 32.6 Å². The molecule has 1 N–H and O–H groups in total. The maximum Gasteiger partial charge on any atom is 0.178 e. The van der Waals surface area contributed by atoms with Gasteiger partial charge in [-0.05, 0) is 25.0 Å². The van der Waals surface area contributed by atoms with E-state index in [9.17, 15) is 4.79 Å². The van der Waals surface area contributed by atoms with Crippen molar-refractivity contribution in [1.29, 1.82) is 0 Å². The van der Waals surface area contributed by atoms with Crippen LogP contribution >= 0.6 is 15.9 Å². The van der Waals surface area contributed by atoms with E-state index in [4.69, 9.17) is 0 Å². The van der Waals surface area contributed by atoms with Gasteiger partial charge in [0.15, 0.2) is 5.78 Å². The Hall–Kier alpha value is -1.09. The maximum absolute atomic E-state index is 12.1. The molecule has 0 radical (unpaired) electrons. The Labute approximate surface area is 103 Å². The molecular formula is C13H14BrNO. The molecule has 0 saturated carbocycles. The number of nitrogens with one attached hydrogen (secondary N) is 1. The van der Waals surface area contributed by atoms with Crippen LogP contribution in [0.1, 0.15) is 29.3 Å². The van der Waals surface area contributed by atoms with Crippen LogP contribution in [0.5, 0.6) is 0 Å². The number of rotatable bonds is 3. The van der Waals surface area contributed by atoms with E-state index in [0.717, 1.165) is 22.9 Å². The summed E-state index contributed by atoms with van der Waals surface area (Å²) >= 11 is 3.40. The topological polar surface area (TPSA) is 32.9 Å². The zero-order valence-corrected chi connectivity index (χ0v) is 11.0. The Balaban J connectivity index is 2.50. The number of hydrogen-bond donors (Lipinski definition) is 1. The number of aryl methyl sites for hydroxylation is 1. The Bertz CT molecular complexity index is 530. The summed E-state index contributed by atoms with van der Waals surface area (Å²) in [6.07, 6.45) is 2.60. The van der Waals surface area contributed by atoms with Gasteiger partial charge < -0.3 is 4.98 Å². The van der Waals surface area contributed by atoms with Gasteiger partial charge in [0.1, 0.15) is 0 Å². The average Bonchev–Trinajstić information content (AvgIpc) is 2.69. The first-order valence-corrected chi connectivity index (χ1v) is 6.31. The molecule has 1 aromatic carbocycles. The number of Topliss-reactive ketones (excluding diaryl/α,β-unsaturated/α-hetero) is 1. The van der Waals surface area contributed by atoms with E-state index in [1.807, 2.05) is 26.0 Å². The van der Waals surface area contributed by atoms with E-state index >= 15 is 0 Å². The summed E-state index contributed by atoms with van der Waals surface area (Å²) in [6, 6.07) is 6.09. The number of aromatic nitrogens is 1. The predicted molar refractivity (Wildman–Crippen MR) is 70.4 cm³/mol. The van der Waals surface area contributed by atoms with Crippen LogP contribution < -0.4 is 0 Å². The number of benzene rings is 1. The van der Waals surface area contributed by atoms with Crippen molar-refractivity contribution in [2.75, 3.05) is 0 Å². The molecule has 1 heterocycles. The number of H-pyrrole nitrogens is 1. The average molecular weight is 280 g/mol. The lowest BCUT2D eigenvalue weighted by Crippen LogP contribution is -2.12. The predicted octanol–water partition coefficient (Wildman–Crippen LogP) is 3.83. The van der Waals surface area contributed by atoms with Crippen molar-refractivity contribution in [1.82, 2.24) is 4.98 Å². The van der Waals surface area contributed by atoms with Crippen LogP contribution in [0, 0.1) is 6.92 Å². The number of carbonyl (C=O) groups excluding carboxylic acids is 1. The lowest BCUT2D eigenvalue weighted by Gasteiger charge is -2.04. The number of hydrogen-bond acceptors (Lipinski definition) is 1. The molecule has 0 fully saturated rings. The Morgan fingerprint density at radius 3 is 2.94 bits per heavy atom. The quantitative estimate of drug-likeness (QED) is 0.672. The first-order chi connectivity index (χ1) is 7.63. The van der Waals surface area contributed by atoms with E-state index in [1.165, 1.54) is 5.56 Å². The number of aromatic amines is 1. The molecule has 0 bridgehead atoms. The fraction of sp³-hybridized carbons (Fsp3) is 0.308. The molecule has 3 heteroatoms. The third-order valence-electron chi connectivity index (χ3n) is 2.75. The molecule has 0 saturated heterocycles. The van der Waals surface area contributed by atoms with Gasteiger partial charge in [-0.2, -0.15) is 0 Å². The van der Waals surface area contributed by atoms with Gasteiger partial charge in [0.2, 0.25) is 0 Å². The zero-order valence-electron chi connectivity index (χ0n) is 9.38. The molecule has 16 heavy (non-hydrogen) atoms. The fourth-order valence-corrected chi connectivity index (χ4v) is 2.04. The smallest absolute Gasteiger partial charge is 0.178 e. The molecule has 0 spiro atoms. The summed E-state index contributed by atoms with van der Waals surface area (Å²) in [5, 5.41) is 1.01. The molecule has 0 aliphatic heterocycles. The van der Waals surface area contributed by atoms with Gasteiger partial charge in [-0.25, -0.2) is 0 Å². The molecule has 0 aliphatic carbocycles. The molecule has 0 aliphatic rings. The third-order valence-corrected chi connectivity index (χ3v) is 3.81. The van der Waals surface area contributed by atoms with Gasteiger partial charge in [-0.3, -0.25) is 4.79 Å². The van der Waals surface area contributed by atoms with Crippen LogP contribution in [0.15, 0.2) is 24.4 Å². The van der Waals surface area contributed by atoms with Gasteiger partial charge in [-0.1, -0.05) is 35.0 Å². The molecule has 0 amide bonds. The molecule has 2 rings (SSSR count). The lowest BCUT2D eigenvalue weighted by atomic mass is 10.0. The summed E-state index contributed by atoms with van der Waals surface area (Å²) in [7, 11) is 0. The van der Waals surface area contributed by atoms with Gasteiger partial charge in [0.05, 0.1) is 4.83 Å². The first-order valence-electron chi connectivity index (χ1n) is 5.39. The molecule has 1 atom stereocenters. The normalized spacial score (nSPS) is 12.9. The van der Waals surface area contributed by atoms with Gasteiger partial charge >= 0.3 is 0 Å². The molecule has 1 aromatic heterocycles. The minimum Gasteiger partial charge on any atom is -0.360 e. The number of halogens is 1. The molecule has 2 aromatic rings. The zero-order chi connectivity index (χ0) is 11.7. The number of fused-ring (bicyclic) bond motifs is 1. The van der Waals surface area contributed by atoms with E-state index in [2.05, 4.69) is 27.0 Å². The molecule has 1 unspecified atom stereocenters. The first kappa shape index (κ1) is 11.4. The van der Waals surface area contributed by atoms with Crippen molar-refractivity contribution in [2.24, 2.45) is 0 Å². The van der Waals surface area contributed by atoms with Crippen molar-refractivity contribution in [2.45, 2.75) is 25.1 Å². The molecular weight excluding hydrogens is 266 g/mol.